The minimum Gasteiger partial charge on any atom is -0.263 e. The highest BCUT2D eigenvalue weighted by Crippen LogP contribution is 2.27. The molecule has 0 bridgehead atoms. The average molecular weight is 314 g/mol. The van der Waals surface area contributed by atoms with E-state index < -0.39 is 0 Å². The number of aromatic nitrogens is 3. The Bertz CT molecular complexity index is 735. The molecule has 3 aromatic rings. The third kappa shape index (κ3) is 2.36. The molecule has 1 aromatic carbocycles. The van der Waals surface area contributed by atoms with Crippen LogP contribution in [0.1, 0.15) is 12.7 Å². The van der Waals surface area contributed by atoms with Gasteiger partial charge in [-0.3, -0.25) is 4.98 Å². The number of halogens is 1. The van der Waals surface area contributed by atoms with Gasteiger partial charge in [-0.05, 0) is 27.4 Å². The zero-order valence-electron chi connectivity index (χ0n) is 10.5. The van der Waals surface area contributed by atoms with Crippen LogP contribution in [0.4, 0.5) is 0 Å². The van der Waals surface area contributed by atoms with Crippen molar-refractivity contribution < 1.29 is 0 Å². The normalized spacial score (nSPS) is 10.8. The molecule has 3 nitrogen and oxygen atoms in total. The summed E-state index contributed by atoms with van der Waals surface area (Å²) in [5, 5.41) is 2.28. The smallest absolute Gasteiger partial charge is 0.130 e. The van der Waals surface area contributed by atoms with E-state index >= 15 is 0 Å². The highest BCUT2D eigenvalue weighted by molar-refractivity contribution is 9.10. The summed E-state index contributed by atoms with van der Waals surface area (Å²) in [7, 11) is 0. The Morgan fingerprint density at radius 2 is 1.95 bits per heavy atom. The van der Waals surface area contributed by atoms with E-state index in [9.17, 15) is 0 Å². The van der Waals surface area contributed by atoms with E-state index in [1.54, 1.807) is 0 Å². The highest BCUT2D eigenvalue weighted by atomic mass is 79.9. The molecule has 2 heterocycles. The Morgan fingerprint density at radius 1 is 1.11 bits per heavy atom. The van der Waals surface area contributed by atoms with Crippen molar-refractivity contribution in [2.24, 2.45) is 0 Å². The van der Waals surface area contributed by atoms with Crippen LogP contribution in [0.5, 0.6) is 0 Å². The lowest BCUT2D eigenvalue weighted by Gasteiger charge is -2.07. The molecule has 0 spiro atoms. The van der Waals surface area contributed by atoms with Crippen LogP contribution in [0.2, 0.25) is 0 Å². The number of nitrogens with zero attached hydrogens (tertiary/aromatic N) is 3. The average Bonchev–Trinajstić information content (AvgIpc) is 2.46. The van der Waals surface area contributed by atoms with Gasteiger partial charge < -0.3 is 0 Å². The van der Waals surface area contributed by atoms with Crippen LogP contribution in [0, 0.1) is 0 Å². The topological polar surface area (TPSA) is 38.7 Å². The van der Waals surface area contributed by atoms with Crippen LogP contribution < -0.4 is 0 Å². The fourth-order valence-electron chi connectivity index (χ4n) is 2.08. The van der Waals surface area contributed by atoms with Gasteiger partial charge in [0.1, 0.15) is 10.4 Å². The molecular weight excluding hydrogens is 302 g/mol. The Balaban J connectivity index is 2.27. The quantitative estimate of drug-likeness (QED) is 0.671. The van der Waals surface area contributed by atoms with Crippen molar-refractivity contribution in [3.8, 4) is 11.3 Å². The van der Waals surface area contributed by atoms with Crippen molar-refractivity contribution in [2.45, 2.75) is 13.3 Å². The SMILES string of the molecule is CCc1nc(Br)cc(-c2cncc3ccccc23)n1. The molecule has 0 unspecified atom stereocenters. The summed E-state index contributed by atoms with van der Waals surface area (Å²) in [5.41, 5.74) is 1.94. The second-order valence-corrected chi connectivity index (χ2v) is 5.07. The van der Waals surface area contributed by atoms with Crippen LogP contribution in [0.15, 0.2) is 47.3 Å². The monoisotopic (exact) mass is 313 g/mol. The van der Waals surface area contributed by atoms with Crippen molar-refractivity contribution >= 4 is 26.7 Å². The number of pyridine rings is 1. The van der Waals surface area contributed by atoms with Crippen LogP contribution in [-0.2, 0) is 6.42 Å². The molecule has 2 aromatic heterocycles. The molecule has 0 fully saturated rings. The van der Waals surface area contributed by atoms with Crippen LogP contribution in [0.25, 0.3) is 22.0 Å². The van der Waals surface area contributed by atoms with Gasteiger partial charge in [0.15, 0.2) is 0 Å². The molecular formula is C15H12BrN3. The maximum atomic E-state index is 4.59. The first-order valence-electron chi connectivity index (χ1n) is 6.14. The Morgan fingerprint density at radius 3 is 2.79 bits per heavy atom. The van der Waals surface area contributed by atoms with Crippen molar-refractivity contribution in [1.29, 1.82) is 0 Å². The molecule has 94 valence electrons. The lowest BCUT2D eigenvalue weighted by Crippen LogP contribution is -1.96. The predicted octanol–water partition coefficient (Wildman–Crippen LogP) is 4.02. The highest BCUT2D eigenvalue weighted by Gasteiger charge is 2.08. The van der Waals surface area contributed by atoms with Gasteiger partial charge in [-0.25, -0.2) is 9.97 Å². The first kappa shape index (κ1) is 12.2. The lowest BCUT2D eigenvalue weighted by atomic mass is 10.1. The second-order valence-electron chi connectivity index (χ2n) is 4.25. The number of aryl methyl sites for hydroxylation is 1. The summed E-state index contributed by atoms with van der Waals surface area (Å²) in [6.45, 7) is 2.05. The number of fused-ring (bicyclic) bond motifs is 1. The fourth-order valence-corrected chi connectivity index (χ4v) is 2.50. The fraction of sp³-hybridized carbons (Fsp3) is 0.133. The summed E-state index contributed by atoms with van der Waals surface area (Å²) in [5.74, 6) is 0.831. The Kier molecular flexibility index (Phi) is 3.25. The van der Waals surface area contributed by atoms with E-state index in [0.29, 0.717) is 0 Å². The van der Waals surface area contributed by atoms with Crippen molar-refractivity contribution in [3.63, 3.8) is 0 Å². The maximum Gasteiger partial charge on any atom is 0.130 e. The first-order valence-corrected chi connectivity index (χ1v) is 6.94. The number of rotatable bonds is 2. The van der Waals surface area contributed by atoms with E-state index in [2.05, 4.69) is 43.0 Å². The molecule has 4 heteroatoms. The third-order valence-corrected chi connectivity index (χ3v) is 3.41. The van der Waals surface area contributed by atoms with E-state index in [4.69, 9.17) is 0 Å². The molecule has 0 saturated carbocycles. The predicted molar refractivity (Wildman–Crippen MR) is 79.8 cm³/mol. The molecule has 3 rings (SSSR count). The maximum absolute atomic E-state index is 4.59. The molecule has 0 N–H and O–H groups in total. The zero-order valence-corrected chi connectivity index (χ0v) is 12.1. The van der Waals surface area contributed by atoms with E-state index in [0.717, 1.165) is 38.9 Å². The van der Waals surface area contributed by atoms with Crippen molar-refractivity contribution in [2.75, 3.05) is 0 Å². The Labute approximate surface area is 119 Å². The van der Waals surface area contributed by atoms with Gasteiger partial charge in [0.05, 0.1) is 5.69 Å². The van der Waals surface area contributed by atoms with Crippen molar-refractivity contribution in [1.82, 2.24) is 15.0 Å². The van der Waals surface area contributed by atoms with Crippen LogP contribution >= 0.6 is 15.9 Å². The van der Waals surface area contributed by atoms with Crippen molar-refractivity contribution in [3.05, 3.63) is 53.2 Å². The summed E-state index contributed by atoms with van der Waals surface area (Å²) in [6, 6.07) is 10.1. The van der Waals surface area contributed by atoms with Gasteiger partial charge in [-0.15, -0.1) is 0 Å². The third-order valence-electron chi connectivity index (χ3n) is 3.00. The standard InChI is InChI=1S/C15H12BrN3/c1-2-15-18-13(7-14(16)19-15)12-9-17-8-10-5-3-4-6-11(10)12/h3-9H,2H2,1H3. The Hall–Kier alpha value is -1.81. The number of benzene rings is 1. The molecule has 0 aliphatic carbocycles. The van der Waals surface area contributed by atoms with Gasteiger partial charge in [0.25, 0.3) is 0 Å². The van der Waals surface area contributed by atoms with Gasteiger partial charge in [0.2, 0.25) is 0 Å². The second kappa shape index (κ2) is 5.05. The van der Waals surface area contributed by atoms with E-state index in [1.807, 2.05) is 37.5 Å². The largest absolute Gasteiger partial charge is 0.263 e. The molecule has 0 amide bonds. The minimum absolute atomic E-state index is 0.808. The van der Waals surface area contributed by atoms with Crippen LogP contribution in [-0.4, -0.2) is 15.0 Å². The number of hydrogen-bond acceptors (Lipinski definition) is 3. The molecule has 0 atom stereocenters. The lowest BCUT2D eigenvalue weighted by molar-refractivity contribution is 0.932. The van der Waals surface area contributed by atoms with Gasteiger partial charge in [-0.2, -0.15) is 0 Å². The molecule has 0 aliphatic heterocycles. The van der Waals surface area contributed by atoms with Gasteiger partial charge in [-0.1, -0.05) is 31.2 Å². The first-order chi connectivity index (χ1) is 9.28. The number of hydrogen-bond donors (Lipinski definition) is 0. The molecule has 19 heavy (non-hydrogen) atoms. The van der Waals surface area contributed by atoms with E-state index in [-0.39, 0.29) is 0 Å². The van der Waals surface area contributed by atoms with Crippen LogP contribution in [0.3, 0.4) is 0 Å². The van der Waals surface area contributed by atoms with E-state index in [1.165, 1.54) is 0 Å². The molecule has 0 radical (unpaired) electrons. The minimum atomic E-state index is 0.808. The summed E-state index contributed by atoms with van der Waals surface area (Å²) < 4.78 is 0.808. The molecule has 0 saturated heterocycles. The van der Waals surface area contributed by atoms with Gasteiger partial charge >= 0.3 is 0 Å². The molecule has 0 aliphatic rings. The summed E-state index contributed by atoms with van der Waals surface area (Å²) in [6.07, 6.45) is 4.54. The summed E-state index contributed by atoms with van der Waals surface area (Å²) >= 11 is 3.44. The summed E-state index contributed by atoms with van der Waals surface area (Å²) in [4.78, 5) is 13.2. The van der Waals surface area contributed by atoms with Gasteiger partial charge in [0, 0.05) is 29.8 Å². The zero-order chi connectivity index (χ0) is 13.2.